The molecule has 0 fully saturated rings. The van der Waals surface area contributed by atoms with Crippen LogP contribution in [0, 0.1) is 0 Å². The van der Waals surface area contributed by atoms with E-state index in [1.165, 1.54) is 17.7 Å². The van der Waals surface area contributed by atoms with E-state index >= 15 is 0 Å². The average molecular weight is 210 g/mol. The van der Waals surface area contributed by atoms with Gasteiger partial charge in [0.2, 0.25) is 0 Å². The van der Waals surface area contributed by atoms with Crippen LogP contribution in [0.5, 0.6) is 0 Å². The van der Waals surface area contributed by atoms with E-state index in [1.807, 2.05) is 5.38 Å². The summed E-state index contributed by atoms with van der Waals surface area (Å²) in [6.07, 6.45) is 2.63. The molecule has 0 spiro atoms. The zero-order chi connectivity index (χ0) is 9.97. The van der Waals surface area contributed by atoms with Crippen LogP contribution in [0.25, 0.3) is 0 Å². The van der Waals surface area contributed by atoms with Gasteiger partial charge in [0.1, 0.15) is 17.7 Å². The Balaban J connectivity index is 2.11. The van der Waals surface area contributed by atoms with Crippen molar-refractivity contribution in [3.05, 3.63) is 28.7 Å². The first-order chi connectivity index (χ1) is 6.75. The monoisotopic (exact) mass is 210 g/mol. The first kappa shape index (κ1) is 9.29. The number of nitrogens with zero attached hydrogens (tertiary/aromatic N) is 4. The van der Waals surface area contributed by atoms with Gasteiger partial charge in [0, 0.05) is 5.38 Å². The second kappa shape index (κ2) is 3.85. The largest absolute Gasteiger partial charge is 0.387 e. The van der Waals surface area contributed by atoms with Gasteiger partial charge in [-0.25, -0.2) is 14.6 Å². The van der Waals surface area contributed by atoms with Gasteiger partial charge in [0.25, 0.3) is 0 Å². The number of aliphatic hydroxyl groups is 1. The second-order valence-electron chi connectivity index (χ2n) is 2.94. The lowest BCUT2D eigenvalue weighted by molar-refractivity contribution is 0.195. The molecule has 14 heavy (non-hydrogen) atoms. The predicted octanol–water partition coefficient (Wildman–Crippen LogP) is 0.836. The SMILES string of the molecule is CC(O)c1csc(Cn2cncn2)n1. The molecule has 6 heteroatoms. The van der Waals surface area contributed by atoms with Crippen LogP contribution in [0.15, 0.2) is 18.0 Å². The van der Waals surface area contributed by atoms with E-state index in [0.717, 1.165) is 5.01 Å². The third-order valence-corrected chi connectivity index (χ3v) is 2.61. The van der Waals surface area contributed by atoms with Gasteiger partial charge in [-0.3, -0.25) is 0 Å². The third-order valence-electron chi connectivity index (χ3n) is 1.76. The van der Waals surface area contributed by atoms with Crippen molar-refractivity contribution >= 4 is 11.3 Å². The van der Waals surface area contributed by atoms with Crippen LogP contribution in [0.1, 0.15) is 23.7 Å². The van der Waals surface area contributed by atoms with Gasteiger partial charge < -0.3 is 5.11 Å². The Kier molecular flexibility index (Phi) is 2.55. The summed E-state index contributed by atoms with van der Waals surface area (Å²) in [4.78, 5) is 8.10. The number of aliphatic hydroxyl groups excluding tert-OH is 1. The Morgan fingerprint density at radius 1 is 1.64 bits per heavy atom. The summed E-state index contributed by atoms with van der Waals surface area (Å²) < 4.78 is 1.70. The molecule has 5 nitrogen and oxygen atoms in total. The van der Waals surface area contributed by atoms with E-state index in [2.05, 4.69) is 15.1 Å². The summed E-state index contributed by atoms with van der Waals surface area (Å²) in [7, 11) is 0. The van der Waals surface area contributed by atoms with Crippen molar-refractivity contribution < 1.29 is 5.11 Å². The highest BCUT2D eigenvalue weighted by Gasteiger charge is 2.06. The molecule has 1 N–H and O–H groups in total. The Labute approximate surface area is 85.1 Å². The molecule has 0 aliphatic heterocycles. The van der Waals surface area contributed by atoms with E-state index in [9.17, 15) is 5.11 Å². The molecule has 0 bridgehead atoms. The lowest BCUT2D eigenvalue weighted by atomic mass is 10.3. The molecule has 2 heterocycles. The van der Waals surface area contributed by atoms with E-state index in [1.54, 1.807) is 17.9 Å². The van der Waals surface area contributed by atoms with Crippen molar-refractivity contribution in [2.75, 3.05) is 0 Å². The Bertz CT molecular complexity index is 395. The van der Waals surface area contributed by atoms with Crippen LogP contribution >= 0.6 is 11.3 Å². The molecule has 2 rings (SSSR count). The molecule has 0 radical (unpaired) electrons. The summed E-state index contributed by atoms with van der Waals surface area (Å²) in [5, 5.41) is 16.0. The Morgan fingerprint density at radius 3 is 3.07 bits per heavy atom. The molecule has 74 valence electrons. The quantitative estimate of drug-likeness (QED) is 0.815. The van der Waals surface area contributed by atoms with Gasteiger partial charge >= 0.3 is 0 Å². The number of thiazole rings is 1. The maximum absolute atomic E-state index is 9.27. The second-order valence-corrected chi connectivity index (χ2v) is 3.88. The molecular formula is C8H10N4OS. The van der Waals surface area contributed by atoms with Gasteiger partial charge in [0.15, 0.2) is 0 Å². The lowest BCUT2D eigenvalue weighted by Crippen LogP contribution is -2.00. The maximum Gasteiger partial charge on any atom is 0.137 e. The van der Waals surface area contributed by atoms with Crippen LogP contribution in [-0.4, -0.2) is 24.9 Å². The van der Waals surface area contributed by atoms with E-state index in [4.69, 9.17) is 0 Å². The molecule has 0 saturated carbocycles. The molecule has 0 aliphatic rings. The van der Waals surface area contributed by atoms with Gasteiger partial charge in [-0.15, -0.1) is 11.3 Å². The highest BCUT2D eigenvalue weighted by molar-refractivity contribution is 7.09. The first-order valence-corrected chi connectivity index (χ1v) is 5.08. The zero-order valence-corrected chi connectivity index (χ0v) is 8.48. The lowest BCUT2D eigenvalue weighted by Gasteiger charge is -1.97. The van der Waals surface area contributed by atoms with Gasteiger partial charge in [-0.1, -0.05) is 0 Å². The molecule has 1 atom stereocenters. The fourth-order valence-electron chi connectivity index (χ4n) is 1.04. The zero-order valence-electron chi connectivity index (χ0n) is 7.66. The molecule has 2 aromatic rings. The van der Waals surface area contributed by atoms with Crippen molar-refractivity contribution in [3.63, 3.8) is 0 Å². The summed E-state index contributed by atoms with van der Waals surface area (Å²) in [6, 6.07) is 0. The summed E-state index contributed by atoms with van der Waals surface area (Å²) in [5.74, 6) is 0. The van der Waals surface area contributed by atoms with Crippen molar-refractivity contribution in [1.29, 1.82) is 0 Å². The number of aromatic nitrogens is 4. The minimum Gasteiger partial charge on any atom is -0.387 e. The van der Waals surface area contributed by atoms with E-state index in [-0.39, 0.29) is 0 Å². The molecule has 1 unspecified atom stereocenters. The Hall–Kier alpha value is -1.27. The summed E-state index contributed by atoms with van der Waals surface area (Å²) in [5.41, 5.74) is 0.713. The maximum atomic E-state index is 9.27. The van der Waals surface area contributed by atoms with Crippen LogP contribution in [0.2, 0.25) is 0 Å². The molecule has 0 aliphatic carbocycles. The molecule has 2 aromatic heterocycles. The highest BCUT2D eigenvalue weighted by Crippen LogP contribution is 2.16. The van der Waals surface area contributed by atoms with Gasteiger partial charge in [-0.05, 0) is 6.92 Å². The van der Waals surface area contributed by atoms with Gasteiger partial charge in [0.05, 0.1) is 18.3 Å². The van der Waals surface area contributed by atoms with Crippen molar-refractivity contribution in [2.45, 2.75) is 19.6 Å². The van der Waals surface area contributed by atoms with E-state index < -0.39 is 6.10 Å². The van der Waals surface area contributed by atoms with Crippen LogP contribution in [-0.2, 0) is 6.54 Å². The predicted molar refractivity (Wildman–Crippen MR) is 51.9 cm³/mol. The summed E-state index contributed by atoms with van der Waals surface area (Å²) >= 11 is 1.52. The highest BCUT2D eigenvalue weighted by atomic mass is 32.1. The third kappa shape index (κ3) is 1.97. The normalized spacial score (nSPS) is 13.0. The fraction of sp³-hybridized carbons (Fsp3) is 0.375. The first-order valence-electron chi connectivity index (χ1n) is 4.20. The summed E-state index contributed by atoms with van der Waals surface area (Å²) in [6.45, 7) is 2.31. The van der Waals surface area contributed by atoms with Crippen molar-refractivity contribution in [1.82, 2.24) is 19.7 Å². The fourth-order valence-corrected chi connectivity index (χ4v) is 1.91. The molecule has 0 saturated heterocycles. The molecular weight excluding hydrogens is 200 g/mol. The van der Waals surface area contributed by atoms with E-state index in [0.29, 0.717) is 12.2 Å². The van der Waals surface area contributed by atoms with Crippen molar-refractivity contribution in [2.24, 2.45) is 0 Å². The van der Waals surface area contributed by atoms with Crippen LogP contribution in [0.4, 0.5) is 0 Å². The minimum atomic E-state index is -0.504. The van der Waals surface area contributed by atoms with Crippen molar-refractivity contribution in [3.8, 4) is 0 Å². The smallest absolute Gasteiger partial charge is 0.137 e. The van der Waals surface area contributed by atoms with Crippen LogP contribution in [0.3, 0.4) is 0 Å². The minimum absolute atomic E-state index is 0.504. The average Bonchev–Trinajstić information content (AvgIpc) is 2.75. The van der Waals surface area contributed by atoms with Crippen LogP contribution < -0.4 is 0 Å². The standard InChI is InChI=1S/C8H10N4OS/c1-6(13)7-3-14-8(11-7)2-12-5-9-4-10-12/h3-6,13H,2H2,1H3. The number of hydrogen-bond acceptors (Lipinski definition) is 5. The number of rotatable bonds is 3. The van der Waals surface area contributed by atoms with Gasteiger partial charge in [-0.2, -0.15) is 5.10 Å². The number of hydrogen-bond donors (Lipinski definition) is 1. The topological polar surface area (TPSA) is 63.8 Å². The molecule has 0 amide bonds. The Morgan fingerprint density at radius 2 is 2.50 bits per heavy atom. The molecule has 0 aromatic carbocycles.